The van der Waals surface area contributed by atoms with Crippen LogP contribution < -0.4 is 5.32 Å². The summed E-state index contributed by atoms with van der Waals surface area (Å²) in [6.07, 6.45) is 1.06. The number of carbonyl (C=O) groups excluding carboxylic acids is 1. The van der Waals surface area contributed by atoms with Crippen LogP contribution >= 0.6 is 0 Å². The summed E-state index contributed by atoms with van der Waals surface area (Å²) in [6, 6.07) is 0.572. The molecule has 6 nitrogen and oxygen atoms in total. The number of carbonyl (C=O) groups is 2. The molecule has 0 aliphatic rings. The highest BCUT2D eigenvalue weighted by Crippen LogP contribution is 2.04. The summed E-state index contributed by atoms with van der Waals surface area (Å²) in [5.41, 5.74) is 0.576. The van der Waals surface area contributed by atoms with E-state index < -0.39 is 17.9 Å². The Balaban J connectivity index is 2.65. The summed E-state index contributed by atoms with van der Waals surface area (Å²) in [5, 5.41) is 14.8. The van der Waals surface area contributed by atoms with Gasteiger partial charge in [-0.3, -0.25) is 4.79 Å². The van der Waals surface area contributed by atoms with Crippen molar-refractivity contribution in [2.24, 2.45) is 0 Å². The van der Waals surface area contributed by atoms with Crippen molar-refractivity contribution in [3.05, 3.63) is 17.5 Å². The lowest BCUT2D eigenvalue weighted by Crippen LogP contribution is -2.40. The summed E-state index contributed by atoms with van der Waals surface area (Å²) in [5.74, 6) is -1.58. The normalized spacial score (nSPS) is 12.1. The first-order valence-corrected chi connectivity index (χ1v) is 5.01. The van der Waals surface area contributed by atoms with E-state index in [9.17, 15) is 9.59 Å². The van der Waals surface area contributed by atoms with Gasteiger partial charge in [0.05, 0.1) is 5.69 Å². The third-order valence-corrected chi connectivity index (χ3v) is 2.03. The maximum Gasteiger partial charge on any atom is 0.326 e. The van der Waals surface area contributed by atoms with Gasteiger partial charge in [-0.1, -0.05) is 18.5 Å². The van der Waals surface area contributed by atoms with E-state index in [1.165, 1.54) is 6.07 Å². The molecule has 0 saturated carbocycles. The molecule has 0 saturated heterocycles. The van der Waals surface area contributed by atoms with E-state index in [-0.39, 0.29) is 5.76 Å². The highest BCUT2D eigenvalue weighted by molar-refractivity contribution is 5.94. The molecule has 88 valence electrons. The molecule has 6 heteroatoms. The Bertz CT molecular complexity index is 386. The van der Waals surface area contributed by atoms with Gasteiger partial charge in [-0.2, -0.15) is 0 Å². The number of amides is 1. The summed E-state index contributed by atoms with van der Waals surface area (Å²) >= 11 is 0. The summed E-state index contributed by atoms with van der Waals surface area (Å²) < 4.78 is 4.73. The van der Waals surface area contributed by atoms with Crippen LogP contribution in [0.2, 0.25) is 0 Å². The highest BCUT2D eigenvalue weighted by atomic mass is 16.5. The minimum absolute atomic E-state index is 0.0276. The largest absolute Gasteiger partial charge is 0.480 e. The van der Waals surface area contributed by atoms with Gasteiger partial charge in [-0.25, -0.2) is 4.79 Å². The Morgan fingerprint density at radius 1 is 1.62 bits per heavy atom. The third kappa shape index (κ3) is 3.08. The number of aliphatic carboxylic acids is 1. The van der Waals surface area contributed by atoms with Crippen LogP contribution in [0.5, 0.6) is 0 Å². The van der Waals surface area contributed by atoms with Crippen molar-refractivity contribution in [1.29, 1.82) is 0 Å². The molecular weight excluding hydrogens is 212 g/mol. The average molecular weight is 226 g/mol. The molecule has 1 rings (SSSR count). The zero-order chi connectivity index (χ0) is 12.1. The van der Waals surface area contributed by atoms with Gasteiger partial charge in [-0.15, -0.1) is 0 Å². The molecule has 0 aliphatic carbocycles. The van der Waals surface area contributed by atoms with E-state index in [1.54, 1.807) is 6.92 Å². The van der Waals surface area contributed by atoms with Crippen molar-refractivity contribution < 1.29 is 19.2 Å². The van der Waals surface area contributed by atoms with Gasteiger partial charge >= 0.3 is 5.97 Å². The molecule has 1 aromatic heterocycles. The van der Waals surface area contributed by atoms with Gasteiger partial charge in [0, 0.05) is 6.07 Å². The van der Waals surface area contributed by atoms with Crippen molar-refractivity contribution in [2.45, 2.75) is 32.7 Å². The third-order valence-electron chi connectivity index (χ3n) is 2.03. The van der Waals surface area contributed by atoms with E-state index in [0.29, 0.717) is 18.5 Å². The van der Waals surface area contributed by atoms with Crippen molar-refractivity contribution >= 4 is 11.9 Å². The van der Waals surface area contributed by atoms with E-state index in [4.69, 9.17) is 9.63 Å². The summed E-state index contributed by atoms with van der Waals surface area (Å²) in [6.45, 7) is 3.53. The standard InChI is InChI=1S/C10H14N2O4/c1-3-4-7(10(14)15)11-9(13)8-5-6(2)12-16-8/h5,7H,3-4H2,1-2H3,(H,11,13)(H,14,15). The number of rotatable bonds is 5. The topological polar surface area (TPSA) is 92.4 Å². The van der Waals surface area contributed by atoms with Gasteiger partial charge in [-0.05, 0) is 13.3 Å². The average Bonchev–Trinajstić information content (AvgIpc) is 2.64. The zero-order valence-electron chi connectivity index (χ0n) is 9.19. The molecule has 16 heavy (non-hydrogen) atoms. The lowest BCUT2D eigenvalue weighted by molar-refractivity contribution is -0.139. The lowest BCUT2D eigenvalue weighted by Gasteiger charge is -2.11. The van der Waals surface area contributed by atoms with Crippen molar-refractivity contribution in [2.75, 3.05) is 0 Å². The van der Waals surface area contributed by atoms with E-state index in [0.717, 1.165) is 0 Å². The van der Waals surface area contributed by atoms with Crippen LogP contribution in [0.4, 0.5) is 0 Å². The van der Waals surface area contributed by atoms with Crippen molar-refractivity contribution in [1.82, 2.24) is 10.5 Å². The van der Waals surface area contributed by atoms with Crippen LogP contribution in [0.3, 0.4) is 0 Å². The second-order valence-electron chi connectivity index (χ2n) is 3.49. The fraction of sp³-hybridized carbons (Fsp3) is 0.500. The number of carboxylic acids is 1. The fourth-order valence-electron chi connectivity index (χ4n) is 1.25. The zero-order valence-corrected chi connectivity index (χ0v) is 9.19. The monoisotopic (exact) mass is 226 g/mol. The van der Waals surface area contributed by atoms with E-state index in [2.05, 4.69) is 10.5 Å². The number of nitrogens with one attached hydrogen (secondary N) is 1. The molecule has 1 atom stereocenters. The predicted octanol–water partition coefficient (Wildman–Crippen LogP) is 0.966. The molecule has 2 N–H and O–H groups in total. The van der Waals surface area contributed by atoms with E-state index in [1.807, 2.05) is 6.92 Å². The van der Waals surface area contributed by atoms with Gasteiger partial charge < -0.3 is 14.9 Å². The molecule has 0 radical (unpaired) electrons. The number of nitrogens with zero attached hydrogens (tertiary/aromatic N) is 1. The molecule has 1 aromatic rings. The Morgan fingerprint density at radius 3 is 2.75 bits per heavy atom. The van der Waals surface area contributed by atoms with Gasteiger partial charge in [0.15, 0.2) is 0 Å². The van der Waals surface area contributed by atoms with Crippen LogP contribution in [0.25, 0.3) is 0 Å². The van der Waals surface area contributed by atoms with Crippen molar-refractivity contribution in [3.63, 3.8) is 0 Å². The van der Waals surface area contributed by atoms with Crippen molar-refractivity contribution in [3.8, 4) is 0 Å². The molecule has 0 spiro atoms. The van der Waals surface area contributed by atoms with Crippen LogP contribution in [-0.2, 0) is 4.79 Å². The van der Waals surface area contributed by atoms with Gasteiger partial charge in [0.2, 0.25) is 5.76 Å². The molecule has 0 aliphatic heterocycles. The van der Waals surface area contributed by atoms with Gasteiger partial charge in [0.25, 0.3) is 5.91 Å². The summed E-state index contributed by atoms with van der Waals surface area (Å²) in [7, 11) is 0. The number of aryl methyl sites for hydroxylation is 1. The second kappa shape index (κ2) is 5.29. The number of hydrogen-bond donors (Lipinski definition) is 2. The molecule has 1 heterocycles. The van der Waals surface area contributed by atoms with Crippen LogP contribution in [-0.4, -0.2) is 28.2 Å². The first kappa shape index (κ1) is 12.2. The second-order valence-corrected chi connectivity index (χ2v) is 3.49. The minimum Gasteiger partial charge on any atom is -0.480 e. The number of aromatic nitrogens is 1. The fourth-order valence-corrected chi connectivity index (χ4v) is 1.25. The Hall–Kier alpha value is -1.85. The lowest BCUT2D eigenvalue weighted by atomic mass is 10.1. The maximum absolute atomic E-state index is 11.5. The number of hydrogen-bond acceptors (Lipinski definition) is 4. The van der Waals surface area contributed by atoms with Crippen LogP contribution in [0, 0.1) is 6.92 Å². The highest BCUT2D eigenvalue weighted by Gasteiger charge is 2.21. The Morgan fingerprint density at radius 2 is 2.31 bits per heavy atom. The molecule has 0 bridgehead atoms. The Kier molecular flexibility index (Phi) is 4.04. The van der Waals surface area contributed by atoms with Gasteiger partial charge in [0.1, 0.15) is 6.04 Å². The van der Waals surface area contributed by atoms with E-state index >= 15 is 0 Å². The Labute approximate surface area is 92.6 Å². The quantitative estimate of drug-likeness (QED) is 0.780. The molecule has 0 fully saturated rings. The molecular formula is C10H14N2O4. The summed E-state index contributed by atoms with van der Waals surface area (Å²) in [4.78, 5) is 22.3. The molecule has 1 amide bonds. The maximum atomic E-state index is 11.5. The van der Waals surface area contributed by atoms with Crippen LogP contribution in [0.15, 0.2) is 10.6 Å². The first-order chi connectivity index (χ1) is 7.54. The van der Waals surface area contributed by atoms with Crippen LogP contribution in [0.1, 0.15) is 36.0 Å². The SMILES string of the molecule is CCCC(NC(=O)c1cc(C)no1)C(=O)O. The number of carboxylic acid groups (broad SMARTS) is 1. The predicted molar refractivity (Wildman–Crippen MR) is 55.0 cm³/mol. The first-order valence-electron chi connectivity index (χ1n) is 5.01. The molecule has 1 unspecified atom stereocenters. The minimum atomic E-state index is -1.05. The molecule has 0 aromatic carbocycles. The smallest absolute Gasteiger partial charge is 0.326 e.